The molecule has 3 aromatic carbocycles. The van der Waals surface area contributed by atoms with E-state index < -0.39 is 0 Å². The van der Waals surface area contributed by atoms with Gasteiger partial charge in [0.15, 0.2) is 0 Å². The third kappa shape index (κ3) is 6.93. The summed E-state index contributed by atoms with van der Waals surface area (Å²) in [6.07, 6.45) is 6.16. The maximum absolute atomic E-state index is 4.93. The van der Waals surface area contributed by atoms with Crippen molar-refractivity contribution in [3.8, 4) is 22.5 Å². The molecule has 0 N–H and O–H groups in total. The van der Waals surface area contributed by atoms with Crippen LogP contribution >= 0.6 is 0 Å². The molecule has 46 heavy (non-hydrogen) atoms. The summed E-state index contributed by atoms with van der Waals surface area (Å²) in [7, 11) is 0. The maximum atomic E-state index is 4.93. The van der Waals surface area contributed by atoms with E-state index in [2.05, 4.69) is 131 Å². The molecule has 1 saturated heterocycles. The number of likely N-dealkylation sites (tertiary alicyclic amines) is 1. The van der Waals surface area contributed by atoms with Crippen molar-refractivity contribution >= 4 is 5.69 Å². The lowest BCUT2D eigenvalue weighted by atomic mass is 9.95. The van der Waals surface area contributed by atoms with E-state index in [1.807, 2.05) is 12.4 Å². The third-order valence-corrected chi connectivity index (χ3v) is 10.2. The minimum Gasteiger partial charge on any atom is -0.364 e. The van der Waals surface area contributed by atoms with Gasteiger partial charge in [-0.05, 0) is 166 Å². The van der Waals surface area contributed by atoms with Gasteiger partial charge >= 0.3 is 0 Å². The van der Waals surface area contributed by atoms with E-state index in [9.17, 15) is 0 Å². The molecule has 0 aliphatic carbocycles. The molecule has 1 fully saturated rings. The Morgan fingerprint density at radius 3 is 1.98 bits per heavy atom. The van der Waals surface area contributed by atoms with Crippen molar-refractivity contribution in [2.24, 2.45) is 0 Å². The third-order valence-electron chi connectivity index (χ3n) is 10.2. The van der Waals surface area contributed by atoms with E-state index in [1.54, 1.807) is 0 Å². The highest BCUT2D eigenvalue weighted by atomic mass is 15.2. The van der Waals surface area contributed by atoms with Gasteiger partial charge < -0.3 is 4.90 Å². The Balaban J connectivity index is 1.21. The predicted molar refractivity (Wildman–Crippen MR) is 193 cm³/mol. The number of pyridine rings is 2. The Hall–Kier alpha value is -4.28. The molecule has 5 aromatic rings. The van der Waals surface area contributed by atoms with Crippen LogP contribution in [0.5, 0.6) is 0 Å². The lowest BCUT2D eigenvalue weighted by molar-refractivity contribution is 0.201. The molecule has 0 radical (unpaired) electrons. The number of piperidine rings is 1. The zero-order valence-electron chi connectivity index (χ0n) is 28.7. The number of benzene rings is 3. The molecule has 0 atom stereocenters. The Kier molecular flexibility index (Phi) is 9.37. The summed E-state index contributed by atoms with van der Waals surface area (Å²) in [6, 6.07) is 27.4. The second kappa shape index (κ2) is 13.6. The molecule has 3 heterocycles. The fraction of sp³-hybridized carbons (Fsp3) is 0.333. The number of aryl methyl sites for hydroxylation is 5. The predicted octanol–water partition coefficient (Wildman–Crippen LogP) is 9.64. The molecule has 6 rings (SSSR count). The SMILES string of the molecule is Cc1cccc(N(Cc2cccnc2-c2cc(C)c(C)c(C)c2)C2CCN(Cc3ccnc(-c4cc(C)c(C)c(C)c4)c3)CC2)c1. The molecular formula is C42H48N4. The van der Waals surface area contributed by atoms with Gasteiger partial charge in [0, 0.05) is 61.4 Å². The monoisotopic (exact) mass is 608 g/mol. The van der Waals surface area contributed by atoms with Crippen LogP contribution in [-0.4, -0.2) is 34.0 Å². The average molecular weight is 609 g/mol. The lowest BCUT2D eigenvalue weighted by Crippen LogP contribution is -2.44. The summed E-state index contributed by atoms with van der Waals surface area (Å²) in [5.41, 5.74) is 17.8. The van der Waals surface area contributed by atoms with Gasteiger partial charge in [-0.3, -0.25) is 14.9 Å². The van der Waals surface area contributed by atoms with Gasteiger partial charge in [-0.2, -0.15) is 0 Å². The number of rotatable bonds is 8. The van der Waals surface area contributed by atoms with Gasteiger partial charge in [0.05, 0.1) is 11.4 Å². The zero-order chi connectivity index (χ0) is 32.4. The smallest absolute Gasteiger partial charge is 0.0752 e. The van der Waals surface area contributed by atoms with Crippen molar-refractivity contribution in [2.75, 3.05) is 18.0 Å². The van der Waals surface area contributed by atoms with Crippen LogP contribution in [0.15, 0.2) is 85.2 Å². The van der Waals surface area contributed by atoms with Crippen molar-refractivity contribution in [3.63, 3.8) is 0 Å². The van der Waals surface area contributed by atoms with Crippen LogP contribution in [0.2, 0.25) is 0 Å². The largest absolute Gasteiger partial charge is 0.364 e. The van der Waals surface area contributed by atoms with E-state index >= 15 is 0 Å². The quantitative estimate of drug-likeness (QED) is 0.176. The molecule has 4 heteroatoms. The fourth-order valence-corrected chi connectivity index (χ4v) is 6.98. The molecule has 1 aliphatic rings. The van der Waals surface area contributed by atoms with E-state index in [-0.39, 0.29) is 0 Å². The van der Waals surface area contributed by atoms with Gasteiger partial charge in [0.25, 0.3) is 0 Å². The number of anilines is 1. The molecule has 236 valence electrons. The molecular weight excluding hydrogens is 560 g/mol. The molecule has 1 aliphatic heterocycles. The molecule has 0 spiro atoms. The second-order valence-electron chi connectivity index (χ2n) is 13.5. The normalized spacial score (nSPS) is 14.1. The standard InChI is InChI=1S/C42H48N4/c1-28-10-8-12-40(20-28)46(27-36-11-9-16-44-42(36)38-23-31(4)34(7)32(5)24-38)39-14-18-45(19-15-39)26-35-13-17-43-41(25-35)37-21-29(2)33(6)30(3)22-37/h8-13,16-17,20-25,39H,14-15,18-19,26-27H2,1-7H3. The summed E-state index contributed by atoms with van der Waals surface area (Å²) in [5.74, 6) is 0. The van der Waals surface area contributed by atoms with Crippen molar-refractivity contribution in [3.05, 3.63) is 135 Å². The van der Waals surface area contributed by atoms with Crippen LogP contribution < -0.4 is 4.90 Å². The van der Waals surface area contributed by atoms with Crippen molar-refractivity contribution < 1.29 is 0 Å². The van der Waals surface area contributed by atoms with Crippen molar-refractivity contribution in [1.82, 2.24) is 14.9 Å². The summed E-state index contributed by atoms with van der Waals surface area (Å²) < 4.78 is 0. The van der Waals surface area contributed by atoms with Crippen LogP contribution in [0.1, 0.15) is 62.9 Å². The highest BCUT2D eigenvalue weighted by Crippen LogP contribution is 2.32. The summed E-state index contributed by atoms with van der Waals surface area (Å²) in [5, 5.41) is 0. The number of aromatic nitrogens is 2. The summed E-state index contributed by atoms with van der Waals surface area (Å²) in [4.78, 5) is 14.9. The van der Waals surface area contributed by atoms with Crippen molar-refractivity contribution in [2.45, 2.75) is 80.4 Å². The minimum atomic E-state index is 0.458. The summed E-state index contributed by atoms with van der Waals surface area (Å²) >= 11 is 0. The highest BCUT2D eigenvalue weighted by molar-refractivity contribution is 5.67. The minimum absolute atomic E-state index is 0.458. The van der Waals surface area contributed by atoms with Gasteiger partial charge in [-0.15, -0.1) is 0 Å². The first-order chi connectivity index (χ1) is 22.2. The molecule has 4 nitrogen and oxygen atoms in total. The lowest BCUT2D eigenvalue weighted by Gasteiger charge is -2.40. The number of nitrogens with zero attached hydrogens (tertiary/aromatic N) is 4. The van der Waals surface area contributed by atoms with E-state index in [0.29, 0.717) is 6.04 Å². The topological polar surface area (TPSA) is 32.3 Å². The molecule has 2 aromatic heterocycles. The van der Waals surface area contributed by atoms with Gasteiger partial charge in [0.1, 0.15) is 0 Å². The number of hydrogen-bond donors (Lipinski definition) is 0. The Bertz CT molecular complexity index is 1800. The van der Waals surface area contributed by atoms with Gasteiger partial charge in [-0.25, -0.2) is 0 Å². The maximum Gasteiger partial charge on any atom is 0.0752 e. The first-order valence-corrected chi connectivity index (χ1v) is 16.8. The molecule has 0 unspecified atom stereocenters. The fourth-order valence-electron chi connectivity index (χ4n) is 6.98. The molecule has 0 saturated carbocycles. The first kappa shape index (κ1) is 31.7. The van der Waals surface area contributed by atoms with Crippen LogP contribution in [0.25, 0.3) is 22.5 Å². The second-order valence-corrected chi connectivity index (χ2v) is 13.5. The van der Waals surface area contributed by atoms with E-state index in [0.717, 1.165) is 50.4 Å². The van der Waals surface area contributed by atoms with Crippen LogP contribution in [0.4, 0.5) is 5.69 Å². The van der Waals surface area contributed by atoms with Gasteiger partial charge in [-0.1, -0.05) is 18.2 Å². The van der Waals surface area contributed by atoms with Crippen LogP contribution in [0.3, 0.4) is 0 Å². The van der Waals surface area contributed by atoms with Gasteiger partial charge in [0.2, 0.25) is 0 Å². The molecule has 0 bridgehead atoms. The Labute approximate surface area is 276 Å². The van der Waals surface area contributed by atoms with E-state index in [1.165, 1.54) is 66.9 Å². The van der Waals surface area contributed by atoms with Crippen molar-refractivity contribution in [1.29, 1.82) is 0 Å². The summed E-state index contributed by atoms with van der Waals surface area (Å²) in [6.45, 7) is 19.3. The van der Waals surface area contributed by atoms with E-state index in [4.69, 9.17) is 9.97 Å². The average Bonchev–Trinajstić information content (AvgIpc) is 3.05. The van der Waals surface area contributed by atoms with Crippen LogP contribution in [-0.2, 0) is 13.1 Å². The first-order valence-electron chi connectivity index (χ1n) is 16.8. The highest BCUT2D eigenvalue weighted by Gasteiger charge is 2.26. The Morgan fingerprint density at radius 1 is 0.674 bits per heavy atom. The Morgan fingerprint density at radius 2 is 1.33 bits per heavy atom. The van der Waals surface area contributed by atoms with Crippen LogP contribution in [0, 0.1) is 48.5 Å². The zero-order valence-corrected chi connectivity index (χ0v) is 28.7. The molecule has 0 amide bonds. The number of hydrogen-bond acceptors (Lipinski definition) is 4.